The third-order valence-corrected chi connectivity index (χ3v) is 2.75. The second-order valence-corrected chi connectivity index (χ2v) is 5.79. The van der Waals surface area contributed by atoms with E-state index in [1.807, 2.05) is 30.3 Å². The van der Waals surface area contributed by atoms with E-state index in [4.69, 9.17) is 9.47 Å². The number of hydrogen-bond acceptors (Lipinski definition) is 4. The average molecular weight is 293 g/mol. The molecule has 0 aliphatic rings. The van der Waals surface area contributed by atoms with Crippen molar-refractivity contribution in [2.75, 3.05) is 13.7 Å². The molecule has 1 rings (SSSR count). The number of benzene rings is 1. The third kappa shape index (κ3) is 6.79. The second-order valence-electron chi connectivity index (χ2n) is 5.79. The van der Waals surface area contributed by atoms with Gasteiger partial charge >= 0.3 is 12.1 Å². The van der Waals surface area contributed by atoms with Crippen LogP contribution >= 0.6 is 0 Å². The van der Waals surface area contributed by atoms with Crippen molar-refractivity contribution in [1.82, 2.24) is 5.32 Å². The van der Waals surface area contributed by atoms with Crippen LogP contribution in [-0.2, 0) is 20.7 Å². The molecule has 0 saturated carbocycles. The van der Waals surface area contributed by atoms with Crippen LogP contribution in [0.5, 0.6) is 0 Å². The lowest BCUT2D eigenvalue weighted by Gasteiger charge is -2.21. The molecule has 0 spiro atoms. The highest BCUT2D eigenvalue weighted by Gasteiger charge is 2.22. The molecule has 0 unspecified atom stereocenters. The number of methoxy groups -OCH3 is 1. The Morgan fingerprint density at radius 3 is 2.33 bits per heavy atom. The fourth-order valence-corrected chi connectivity index (χ4v) is 1.82. The van der Waals surface area contributed by atoms with Crippen molar-refractivity contribution < 1.29 is 19.1 Å². The molecule has 1 N–H and O–H groups in total. The molecule has 0 aliphatic carbocycles. The number of nitrogens with one attached hydrogen (secondary N) is 1. The normalized spacial score (nSPS) is 12.4. The number of alkyl carbamates (subject to hydrolysis) is 1. The maximum Gasteiger partial charge on any atom is 0.407 e. The molecular formula is C16H23NO4. The second kappa shape index (κ2) is 7.67. The predicted molar refractivity (Wildman–Crippen MR) is 79.9 cm³/mol. The van der Waals surface area contributed by atoms with Crippen molar-refractivity contribution >= 4 is 12.1 Å². The van der Waals surface area contributed by atoms with E-state index in [-0.39, 0.29) is 12.5 Å². The van der Waals surface area contributed by atoms with Gasteiger partial charge in [0.1, 0.15) is 5.60 Å². The van der Waals surface area contributed by atoms with Gasteiger partial charge in [0.15, 0.2) is 0 Å². The van der Waals surface area contributed by atoms with Gasteiger partial charge in [0.2, 0.25) is 0 Å². The molecule has 5 nitrogen and oxygen atoms in total. The van der Waals surface area contributed by atoms with Gasteiger partial charge in [-0.2, -0.15) is 0 Å². The number of carbonyl (C=O) groups is 2. The quantitative estimate of drug-likeness (QED) is 0.847. The minimum absolute atomic E-state index is 0.177. The summed E-state index contributed by atoms with van der Waals surface area (Å²) in [4.78, 5) is 23.4. The van der Waals surface area contributed by atoms with Crippen molar-refractivity contribution in [1.29, 1.82) is 0 Å². The Morgan fingerprint density at radius 1 is 1.19 bits per heavy atom. The highest BCUT2D eigenvalue weighted by atomic mass is 16.6. The average Bonchev–Trinajstić information content (AvgIpc) is 2.41. The zero-order chi connectivity index (χ0) is 15.9. The number of esters is 1. The van der Waals surface area contributed by atoms with E-state index in [1.165, 1.54) is 7.11 Å². The minimum atomic E-state index is -0.565. The topological polar surface area (TPSA) is 64.6 Å². The van der Waals surface area contributed by atoms with E-state index >= 15 is 0 Å². The first kappa shape index (κ1) is 17.0. The fraction of sp³-hybridized carbons (Fsp3) is 0.500. The molecule has 0 aromatic heterocycles. The Kier molecular flexibility index (Phi) is 6.21. The van der Waals surface area contributed by atoms with E-state index in [1.54, 1.807) is 20.8 Å². The fourth-order valence-electron chi connectivity index (χ4n) is 1.82. The van der Waals surface area contributed by atoms with Crippen LogP contribution in [0.2, 0.25) is 0 Å². The number of hydrogen-bond donors (Lipinski definition) is 1. The first-order chi connectivity index (χ1) is 9.81. The summed E-state index contributed by atoms with van der Waals surface area (Å²) in [6.45, 7) is 5.54. The minimum Gasteiger partial charge on any atom is -0.469 e. The van der Waals surface area contributed by atoms with Gasteiger partial charge in [-0.1, -0.05) is 30.3 Å². The van der Waals surface area contributed by atoms with Crippen LogP contribution in [-0.4, -0.2) is 31.3 Å². The van der Waals surface area contributed by atoms with Gasteiger partial charge in [-0.05, 0) is 32.8 Å². The van der Waals surface area contributed by atoms with Crippen LogP contribution < -0.4 is 5.32 Å². The first-order valence-corrected chi connectivity index (χ1v) is 6.90. The lowest BCUT2D eigenvalue weighted by atomic mass is 9.99. The molecule has 0 radical (unpaired) electrons. The smallest absolute Gasteiger partial charge is 0.407 e. The predicted octanol–water partition coefficient (Wildman–Crippen LogP) is 2.54. The highest BCUT2D eigenvalue weighted by Crippen LogP contribution is 2.11. The van der Waals surface area contributed by atoms with Gasteiger partial charge in [-0.15, -0.1) is 0 Å². The summed E-state index contributed by atoms with van der Waals surface area (Å²) in [6.07, 6.45) is -0.0342. The van der Waals surface area contributed by atoms with Gasteiger partial charge in [0, 0.05) is 6.54 Å². The largest absolute Gasteiger partial charge is 0.469 e. The molecule has 21 heavy (non-hydrogen) atoms. The Hall–Kier alpha value is -2.04. The first-order valence-electron chi connectivity index (χ1n) is 6.90. The summed E-state index contributed by atoms with van der Waals surface area (Å²) < 4.78 is 9.94. The number of rotatable bonds is 5. The van der Waals surface area contributed by atoms with Gasteiger partial charge in [-0.25, -0.2) is 4.79 Å². The van der Waals surface area contributed by atoms with Crippen molar-refractivity contribution in [2.45, 2.75) is 32.8 Å². The van der Waals surface area contributed by atoms with Gasteiger partial charge in [0.05, 0.1) is 13.0 Å². The molecule has 1 amide bonds. The monoisotopic (exact) mass is 293 g/mol. The van der Waals surface area contributed by atoms with E-state index in [2.05, 4.69) is 5.32 Å². The molecule has 0 saturated heterocycles. The Morgan fingerprint density at radius 2 is 1.81 bits per heavy atom. The molecule has 0 fully saturated rings. The van der Waals surface area contributed by atoms with E-state index in [9.17, 15) is 9.59 Å². The number of carbonyl (C=O) groups excluding carboxylic acids is 2. The molecule has 0 bridgehead atoms. The summed E-state index contributed by atoms with van der Waals surface area (Å²) in [5.41, 5.74) is 0.448. The van der Waals surface area contributed by atoms with Crippen LogP contribution in [0.25, 0.3) is 0 Å². The van der Waals surface area contributed by atoms with Crippen LogP contribution in [0.15, 0.2) is 30.3 Å². The van der Waals surface area contributed by atoms with E-state index in [0.717, 1.165) is 5.56 Å². The standard InChI is InChI=1S/C16H23NO4/c1-16(2,3)21-15(19)17-11-13(14(18)20-4)10-12-8-6-5-7-9-12/h5-9,13H,10-11H2,1-4H3,(H,17,19)/t13-/m1/s1. The summed E-state index contributed by atoms with van der Waals surface area (Å²) in [6, 6.07) is 9.60. The van der Waals surface area contributed by atoms with E-state index < -0.39 is 17.6 Å². The number of amides is 1. The van der Waals surface area contributed by atoms with Gasteiger partial charge in [0.25, 0.3) is 0 Å². The molecule has 116 valence electrons. The molecule has 0 heterocycles. The third-order valence-electron chi connectivity index (χ3n) is 2.75. The molecule has 1 atom stereocenters. The molecule has 1 aromatic carbocycles. The van der Waals surface area contributed by atoms with Crippen LogP contribution in [0, 0.1) is 5.92 Å². The SMILES string of the molecule is COC(=O)[C@@H](CNC(=O)OC(C)(C)C)Cc1ccccc1. The highest BCUT2D eigenvalue weighted by molar-refractivity contribution is 5.74. The summed E-state index contributed by atoms with van der Waals surface area (Å²) in [5.74, 6) is -0.792. The van der Waals surface area contributed by atoms with Gasteiger partial charge < -0.3 is 14.8 Å². The molecule has 0 aliphatic heterocycles. The van der Waals surface area contributed by atoms with Crippen LogP contribution in [0.1, 0.15) is 26.3 Å². The van der Waals surface area contributed by atoms with Crippen molar-refractivity contribution in [3.05, 3.63) is 35.9 Å². The van der Waals surface area contributed by atoms with Crippen molar-refractivity contribution in [3.63, 3.8) is 0 Å². The maximum atomic E-state index is 11.8. The summed E-state index contributed by atoms with van der Waals surface area (Å²) in [7, 11) is 1.34. The zero-order valence-electron chi connectivity index (χ0n) is 13.0. The summed E-state index contributed by atoms with van der Waals surface area (Å²) >= 11 is 0. The van der Waals surface area contributed by atoms with E-state index in [0.29, 0.717) is 6.42 Å². The lowest BCUT2D eigenvalue weighted by Crippen LogP contribution is -2.38. The summed E-state index contributed by atoms with van der Waals surface area (Å²) in [5, 5.41) is 2.61. The van der Waals surface area contributed by atoms with Crippen molar-refractivity contribution in [2.24, 2.45) is 5.92 Å². The van der Waals surface area contributed by atoms with Crippen LogP contribution in [0.3, 0.4) is 0 Å². The van der Waals surface area contributed by atoms with Crippen LogP contribution in [0.4, 0.5) is 4.79 Å². The Labute approximate surface area is 125 Å². The van der Waals surface area contributed by atoms with Gasteiger partial charge in [-0.3, -0.25) is 4.79 Å². The number of ether oxygens (including phenoxy) is 2. The lowest BCUT2D eigenvalue weighted by molar-refractivity contribution is -0.145. The Balaban J connectivity index is 2.59. The van der Waals surface area contributed by atoms with Crippen molar-refractivity contribution in [3.8, 4) is 0 Å². The maximum absolute atomic E-state index is 11.8. The zero-order valence-corrected chi connectivity index (χ0v) is 13.0. The molecule has 5 heteroatoms. The Bertz CT molecular complexity index is 465. The molecule has 1 aromatic rings. The molecular weight excluding hydrogens is 270 g/mol.